The first kappa shape index (κ1) is 16.1. The quantitative estimate of drug-likeness (QED) is 0.745. The maximum atomic E-state index is 12.6. The van der Waals surface area contributed by atoms with Gasteiger partial charge in [-0.1, -0.05) is 6.07 Å². The van der Waals surface area contributed by atoms with Gasteiger partial charge in [-0.3, -0.25) is 4.72 Å². The molecule has 0 aliphatic heterocycles. The lowest BCUT2D eigenvalue weighted by Gasteiger charge is -2.12. The largest absolute Gasteiger partial charge is 0.495 e. The Morgan fingerprint density at radius 2 is 1.88 bits per heavy atom. The Morgan fingerprint density at radius 1 is 1.12 bits per heavy atom. The predicted octanol–water partition coefficient (Wildman–Crippen LogP) is 3.19. The van der Waals surface area contributed by atoms with E-state index >= 15 is 0 Å². The second-order valence-electron chi connectivity index (χ2n) is 5.27. The van der Waals surface area contributed by atoms with Crippen molar-refractivity contribution >= 4 is 15.7 Å². The Bertz CT molecular complexity index is 934. The summed E-state index contributed by atoms with van der Waals surface area (Å²) in [5.41, 5.74) is 2.18. The molecule has 1 aromatic heterocycles. The summed E-state index contributed by atoms with van der Waals surface area (Å²) < 4.78 is 33.0. The molecule has 24 heavy (non-hydrogen) atoms. The van der Waals surface area contributed by atoms with Gasteiger partial charge in [0.25, 0.3) is 10.0 Å². The second-order valence-corrected chi connectivity index (χ2v) is 6.93. The highest BCUT2D eigenvalue weighted by Crippen LogP contribution is 2.27. The lowest BCUT2D eigenvalue weighted by molar-refractivity contribution is 0.402. The molecule has 3 rings (SSSR count). The third-order valence-corrected chi connectivity index (χ3v) is 4.92. The molecule has 0 saturated carbocycles. The maximum Gasteiger partial charge on any atom is 0.265 e. The molecule has 0 atom stereocenters. The van der Waals surface area contributed by atoms with Crippen LogP contribution in [0.5, 0.6) is 5.75 Å². The average molecular weight is 343 g/mol. The van der Waals surface area contributed by atoms with E-state index in [2.05, 4.69) is 14.7 Å². The number of nitrogens with zero attached hydrogens (tertiary/aromatic N) is 1. The molecule has 0 aliphatic carbocycles. The maximum absolute atomic E-state index is 12.6. The Hall–Kier alpha value is -2.80. The number of benzene rings is 2. The number of ether oxygens (including phenoxy) is 1. The number of hydrogen-bond donors (Lipinski definition) is 2. The van der Waals surface area contributed by atoms with E-state index in [1.54, 1.807) is 54.9 Å². The second kappa shape index (κ2) is 6.37. The van der Waals surface area contributed by atoms with Crippen LogP contribution in [0.25, 0.3) is 11.4 Å². The van der Waals surface area contributed by atoms with Gasteiger partial charge in [0.05, 0.1) is 7.11 Å². The number of rotatable bonds is 5. The first-order valence-electron chi connectivity index (χ1n) is 7.27. The zero-order valence-corrected chi connectivity index (χ0v) is 14.1. The van der Waals surface area contributed by atoms with E-state index in [0.717, 1.165) is 17.0 Å². The highest BCUT2D eigenvalue weighted by molar-refractivity contribution is 7.92. The first-order valence-corrected chi connectivity index (χ1v) is 8.75. The fourth-order valence-electron chi connectivity index (χ4n) is 2.32. The summed E-state index contributed by atoms with van der Waals surface area (Å²) >= 11 is 0. The summed E-state index contributed by atoms with van der Waals surface area (Å²) in [6.07, 6.45) is 3.39. The van der Waals surface area contributed by atoms with Gasteiger partial charge in [0, 0.05) is 23.6 Å². The van der Waals surface area contributed by atoms with Crippen molar-refractivity contribution in [3.8, 4) is 17.1 Å². The third-order valence-electron chi connectivity index (χ3n) is 3.52. The first-order chi connectivity index (χ1) is 11.5. The molecule has 0 radical (unpaired) electrons. The van der Waals surface area contributed by atoms with Gasteiger partial charge in [-0.2, -0.15) is 0 Å². The molecular weight excluding hydrogens is 326 g/mol. The van der Waals surface area contributed by atoms with Crippen molar-refractivity contribution in [1.82, 2.24) is 9.97 Å². The number of aryl methyl sites for hydroxylation is 1. The van der Waals surface area contributed by atoms with Gasteiger partial charge >= 0.3 is 0 Å². The van der Waals surface area contributed by atoms with Crippen LogP contribution in [0.2, 0.25) is 0 Å². The van der Waals surface area contributed by atoms with Crippen LogP contribution in [0.3, 0.4) is 0 Å². The van der Waals surface area contributed by atoms with Gasteiger partial charge in [-0.25, -0.2) is 13.4 Å². The normalized spacial score (nSPS) is 11.2. The number of aromatic nitrogens is 2. The van der Waals surface area contributed by atoms with Crippen LogP contribution < -0.4 is 9.46 Å². The zero-order chi connectivity index (χ0) is 17.2. The van der Waals surface area contributed by atoms with Crippen LogP contribution in [0.1, 0.15) is 5.56 Å². The lowest BCUT2D eigenvalue weighted by atomic mass is 10.2. The van der Waals surface area contributed by atoms with Crippen molar-refractivity contribution in [1.29, 1.82) is 0 Å². The van der Waals surface area contributed by atoms with Crippen molar-refractivity contribution in [3.05, 3.63) is 60.4 Å². The van der Waals surface area contributed by atoms with Crippen LogP contribution >= 0.6 is 0 Å². The minimum atomic E-state index is -3.74. The van der Waals surface area contributed by atoms with Crippen molar-refractivity contribution in [2.75, 3.05) is 11.8 Å². The van der Waals surface area contributed by atoms with E-state index in [9.17, 15) is 8.42 Å². The molecule has 0 spiro atoms. The van der Waals surface area contributed by atoms with Crippen molar-refractivity contribution in [2.24, 2.45) is 0 Å². The fraction of sp³-hybridized carbons (Fsp3) is 0.118. The standard InChI is InChI=1S/C17H17N3O3S/c1-12-3-8-15(23-2)16(11-12)24(21,22)20-14-6-4-13(5-7-14)17-18-9-10-19-17/h3-11,20H,1-2H3,(H,18,19). The van der Waals surface area contributed by atoms with Crippen molar-refractivity contribution in [2.45, 2.75) is 11.8 Å². The number of nitrogens with one attached hydrogen (secondary N) is 2. The smallest absolute Gasteiger partial charge is 0.265 e. The Kier molecular flexibility index (Phi) is 4.26. The zero-order valence-electron chi connectivity index (χ0n) is 13.3. The van der Waals surface area contributed by atoms with Gasteiger partial charge in [0.2, 0.25) is 0 Å². The van der Waals surface area contributed by atoms with Gasteiger partial charge in [-0.05, 0) is 48.9 Å². The molecular formula is C17H17N3O3S. The molecule has 124 valence electrons. The number of sulfonamides is 1. The lowest BCUT2D eigenvalue weighted by Crippen LogP contribution is -2.14. The van der Waals surface area contributed by atoms with E-state index in [-0.39, 0.29) is 4.90 Å². The SMILES string of the molecule is COc1ccc(C)cc1S(=O)(=O)Nc1ccc(-c2ncc[nH]2)cc1. The molecule has 2 N–H and O–H groups in total. The minimum Gasteiger partial charge on any atom is -0.495 e. The van der Waals surface area contributed by atoms with E-state index in [1.807, 2.05) is 6.92 Å². The fourth-order valence-corrected chi connectivity index (χ4v) is 3.64. The van der Waals surface area contributed by atoms with Gasteiger partial charge in [-0.15, -0.1) is 0 Å². The molecule has 0 bridgehead atoms. The highest BCUT2D eigenvalue weighted by atomic mass is 32.2. The summed E-state index contributed by atoms with van der Waals surface area (Å²) in [5, 5.41) is 0. The number of hydrogen-bond acceptors (Lipinski definition) is 4. The number of H-pyrrole nitrogens is 1. The number of methoxy groups -OCH3 is 1. The Morgan fingerprint density at radius 3 is 2.50 bits per heavy atom. The third kappa shape index (κ3) is 3.26. The van der Waals surface area contributed by atoms with Crippen molar-refractivity contribution in [3.63, 3.8) is 0 Å². The summed E-state index contributed by atoms with van der Waals surface area (Å²) in [6, 6.07) is 12.0. The van der Waals surface area contributed by atoms with E-state index in [1.165, 1.54) is 7.11 Å². The number of aromatic amines is 1. The molecule has 3 aromatic rings. The van der Waals surface area contributed by atoms with Crippen LogP contribution in [-0.2, 0) is 10.0 Å². The summed E-state index contributed by atoms with van der Waals surface area (Å²) in [6.45, 7) is 1.83. The van der Waals surface area contributed by atoms with Crippen molar-refractivity contribution < 1.29 is 13.2 Å². The Labute approximate surface area is 140 Å². The van der Waals surface area contributed by atoms with Crippen LogP contribution in [0.4, 0.5) is 5.69 Å². The summed E-state index contributed by atoms with van der Waals surface area (Å²) in [5.74, 6) is 1.03. The van der Waals surface area contributed by atoms with Gasteiger partial charge in [0.15, 0.2) is 0 Å². The molecule has 6 nitrogen and oxygen atoms in total. The summed E-state index contributed by atoms with van der Waals surface area (Å²) in [4.78, 5) is 7.27. The highest BCUT2D eigenvalue weighted by Gasteiger charge is 2.19. The van der Waals surface area contributed by atoms with Crippen LogP contribution in [0.15, 0.2) is 59.8 Å². The van der Waals surface area contributed by atoms with E-state index < -0.39 is 10.0 Å². The molecule has 2 aromatic carbocycles. The van der Waals surface area contributed by atoms with Gasteiger partial charge in [0.1, 0.15) is 16.5 Å². The summed E-state index contributed by atoms with van der Waals surface area (Å²) in [7, 11) is -2.30. The molecule has 0 unspecified atom stereocenters. The predicted molar refractivity (Wildman–Crippen MR) is 92.6 cm³/mol. The van der Waals surface area contributed by atoms with Crippen LogP contribution in [0, 0.1) is 6.92 Å². The van der Waals surface area contributed by atoms with E-state index in [0.29, 0.717) is 11.4 Å². The average Bonchev–Trinajstić information content (AvgIpc) is 3.10. The molecule has 0 saturated heterocycles. The molecule has 0 aliphatic rings. The topological polar surface area (TPSA) is 84.1 Å². The number of imidazole rings is 1. The number of anilines is 1. The molecule has 7 heteroatoms. The van der Waals surface area contributed by atoms with Gasteiger partial charge < -0.3 is 9.72 Å². The monoisotopic (exact) mass is 343 g/mol. The molecule has 1 heterocycles. The van der Waals surface area contributed by atoms with Crippen LogP contribution in [-0.4, -0.2) is 25.5 Å². The molecule has 0 amide bonds. The Balaban J connectivity index is 1.88. The minimum absolute atomic E-state index is 0.111. The molecule has 0 fully saturated rings. The van der Waals surface area contributed by atoms with E-state index in [4.69, 9.17) is 4.74 Å².